The Hall–Kier alpha value is -0.870. The van der Waals surface area contributed by atoms with Gasteiger partial charge >= 0.3 is 0 Å². The molecule has 28 heavy (non-hydrogen) atoms. The predicted octanol–water partition coefficient (Wildman–Crippen LogP) is 2.77. The van der Waals surface area contributed by atoms with Crippen molar-refractivity contribution in [2.24, 2.45) is 4.99 Å². The molecule has 0 spiro atoms. The molecule has 1 unspecified atom stereocenters. The molecule has 0 amide bonds. The van der Waals surface area contributed by atoms with Crippen LogP contribution in [0.4, 0.5) is 0 Å². The van der Waals surface area contributed by atoms with Crippen molar-refractivity contribution in [2.75, 3.05) is 51.3 Å². The van der Waals surface area contributed by atoms with Crippen LogP contribution < -0.4 is 5.32 Å². The number of nitrogens with zero attached hydrogens (tertiary/aromatic N) is 3. The van der Waals surface area contributed by atoms with Gasteiger partial charge in [-0.25, -0.2) is 8.42 Å². The molecule has 0 saturated carbocycles. The van der Waals surface area contributed by atoms with E-state index >= 15 is 0 Å². The van der Waals surface area contributed by atoms with Gasteiger partial charge in [-0.2, -0.15) is 0 Å². The molecule has 1 aliphatic rings. The highest BCUT2D eigenvalue weighted by Crippen LogP contribution is 2.25. The van der Waals surface area contributed by atoms with Crippen LogP contribution in [0.2, 0.25) is 0 Å². The van der Waals surface area contributed by atoms with Crippen LogP contribution in [0.3, 0.4) is 0 Å². The van der Waals surface area contributed by atoms with E-state index in [1.807, 2.05) is 0 Å². The van der Waals surface area contributed by atoms with Crippen LogP contribution in [-0.4, -0.2) is 75.5 Å². The van der Waals surface area contributed by atoms with Gasteiger partial charge in [-0.05, 0) is 25.3 Å². The second-order valence-corrected chi connectivity index (χ2v) is 9.34. The van der Waals surface area contributed by atoms with Gasteiger partial charge in [0, 0.05) is 51.6 Å². The fourth-order valence-corrected chi connectivity index (χ4v) is 4.22. The van der Waals surface area contributed by atoms with Crippen LogP contribution in [0, 0.1) is 0 Å². The van der Waals surface area contributed by atoms with Crippen LogP contribution in [-0.2, 0) is 9.84 Å². The number of halogens is 1. The lowest BCUT2D eigenvalue weighted by atomic mass is 10.0. The monoisotopic (exact) mass is 522 g/mol. The highest BCUT2D eigenvalue weighted by Gasteiger charge is 2.25. The number of rotatable bonds is 8. The molecular weight excluding hydrogens is 487 g/mol. The smallest absolute Gasteiger partial charge is 0.194 e. The molecule has 8 heteroatoms. The average Bonchev–Trinajstić information content (AvgIpc) is 2.66. The predicted molar refractivity (Wildman–Crippen MR) is 128 cm³/mol. The van der Waals surface area contributed by atoms with Gasteiger partial charge in [-0.3, -0.25) is 9.89 Å². The zero-order chi connectivity index (χ0) is 19.7. The van der Waals surface area contributed by atoms with Crippen LogP contribution in [0.25, 0.3) is 0 Å². The molecule has 1 N–H and O–H groups in total. The Balaban J connectivity index is 0.00000392. The average molecular weight is 522 g/mol. The third-order valence-electron chi connectivity index (χ3n) is 4.90. The topological polar surface area (TPSA) is 65.0 Å². The molecule has 0 aromatic heterocycles. The molecule has 2 rings (SSSR count). The van der Waals surface area contributed by atoms with Gasteiger partial charge in [0.2, 0.25) is 0 Å². The van der Waals surface area contributed by atoms with E-state index in [9.17, 15) is 8.42 Å². The summed E-state index contributed by atoms with van der Waals surface area (Å²) in [7, 11) is -2.92. The summed E-state index contributed by atoms with van der Waals surface area (Å²) in [4.78, 5) is 9.48. The standard InChI is InChI=1S/C20H34N4O2S.HI/c1-4-19(18-10-7-6-8-11-18)23-13-15-24(16-14-23)20(21-5-2)22-12-9-17-27(3,25)26;/h6-8,10-11,19H,4-5,9,12-17H2,1-3H3,(H,21,22);1H. The van der Waals surface area contributed by atoms with Crippen LogP contribution in [0.5, 0.6) is 0 Å². The number of benzene rings is 1. The Morgan fingerprint density at radius 2 is 1.79 bits per heavy atom. The Morgan fingerprint density at radius 1 is 1.14 bits per heavy atom. The molecule has 1 aromatic carbocycles. The van der Waals surface area contributed by atoms with Gasteiger partial charge in [0.1, 0.15) is 9.84 Å². The molecule has 1 aliphatic heterocycles. The first-order chi connectivity index (χ1) is 12.9. The van der Waals surface area contributed by atoms with E-state index in [4.69, 9.17) is 0 Å². The summed E-state index contributed by atoms with van der Waals surface area (Å²) in [6.07, 6.45) is 2.95. The third kappa shape index (κ3) is 8.24. The van der Waals surface area contributed by atoms with E-state index in [-0.39, 0.29) is 29.7 Å². The van der Waals surface area contributed by atoms with Gasteiger partial charge in [0.25, 0.3) is 0 Å². The number of nitrogens with one attached hydrogen (secondary N) is 1. The second kappa shape index (κ2) is 12.6. The molecule has 1 saturated heterocycles. The Labute approximate surface area is 187 Å². The lowest BCUT2D eigenvalue weighted by Gasteiger charge is -2.40. The van der Waals surface area contributed by atoms with Crippen molar-refractivity contribution in [3.05, 3.63) is 35.9 Å². The first-order valence-electron chi connectivity index (χ1n) is 9.94. The minimum absolute atomic E-state index is 0. The fraction of sp³-hybridized carbons (Fsp3) is 0.650. The quantitative estimate of drug-likeness (QED) is 0.246. The minimum Gasteiger partial charge on any atom is -0.357 e. The molecule has 6 nitrogen and oxygen atoms in total. The molecular formula is C20H35IN4O2S. The largest absolute Gasteiger partial charge is 0.357 e. The summed E-state index contributed by atoms with van der Waals surface area (Å²) >= 11 is 0. The van der Waals surface area contributed by atoms with Crippen molar-refractivity contribution in [2.45, 2.75) is 32.7 Å². The molecule has 1 fully saturated rings. The maximum atomic E-state index is 11.3. The van der Waals surface area contributed by atoms with Crippen LogP contribution in [0.1, 0.15) is 38.3 Å². The Bertz CT molecular complexity index is 689. The van der Waals surface area contributed by atoms with Crippen molar-refractivity contribution in [1.82, 2.24) is 15.1 Å². The lowest BCUT2D eigenvalue weighted by Crippen LogP contribution is -2.53. The van der Waals surface area contributed by atoms with E-state index in [1.54, 1.807) is 0 Å². The maximum absolute atomic E-state index is 11.3. The molecule has 1 atom stereocenters. The highest BCUT2D eigenvalue weighted by atomic mass is 127. The molecule has 160 valence electrons. The summed E-state index contributed by atoms with van der Waals surface area (Å²) in [5.41, 5.74) is 1.38. The van der Waals surface area contributed by atoms with E-state index in [1.165, 1.54) is 11.8 Å². The number of aliphatic imine (C=N–C) groups is 1. The lowest BCUT2D eigenvalue weighted by molar-refractivity contribution is 0.127. The van der Waals surface area contributed by atoms with E-state index in [2.05, 4.69) is 64.3 Å². The van der Waals surface area contributed by atoms with E-state index in [0.717, 1.165) is 45.1 Å². The number of sulfone groups is 1. The molecule has 1 heterocycles. The Morgan fingerprint density at radius 3 is 2.32 bits per heavy atom. The summed E-state index contributed by atoms with van der Waals surface area (Å²) in [5.74, 6) is 1.09. The first-order valence-corrected chi connectivity index (χ1v) is 12.0. The zero-order valence-corrected chi connectivity index (χ0v) is 20.4. The van der Waals surface area contributed by atoms with Gasteiger partial charge in [-0.15, -0.1) is 24.0 Å². The van der Waals surface area contributed by atoms with Crippen molar-refractivity contribution >= 4 is 39.8 Å². The van der Waals surface area contributed by atoms with E-state index in [0.29, 0.717) is 19.0 Å². The van der Waals surface area contributed by atoms with Crippen LogP contribution >= 0.6 is 24.0 Å². The SMILES string of the molecule is CCNC(=NCCCS(C)(=O)=O)N1CCN(C(CC)c2ccccc2)CC1.I. The summed E-state index contributed by atoms with van der Waals surface area (Å²) in [6, 6.07) is 11.2. The maximum Gasteiger partial charge on any atom is 0.194 e. The molecule has 1 aromatic rings. The first kappa shape index (κ1) is 25.2. The fourth-order valence-electron chi connectivity index (χ4n) is 3.56. The third-order valence-corrected chi connectivity index (χ3v) is 5.93. The van der Waals surface area contributed by atoms with Gasteiger partial charge in [0.05, 0.1) is 5.75 Å². The second-order valence-electron chi connectivity index (χ2n) is 7.08. The zero-order valence-electron chi connectivity index (χ0n) is 17.3. The number of hydrogen-bond acceptors (Lipinski definition) is 4. The minimum atomic E-state index is -2.92. The van der Waals surface area contributed by atoms with Crippen molar-refractivity contribution in [3.63, 3.8) is 0 Å². The summed E-state index contributed by atoms with van der Waals surface area (Å²) in [6.45, 7) is 9.52. The molecule has 0 aliphatic carbocycles. The number of piperazine rings is 1. The highest BCUT2D eigenvalue weighted by molar-refractivity contribution is 14.0. The molecule has 0 bridgehead atoms. The van der Waals surface area contributed by atoms with Gasteiger partial charge in [-0.1, -0.05) is 37.3 Å². The Kier molecular flexibility index (Phi) is 11.4. The summed E-state index contributed by atoms with van der Waals surface area (Å²) in [5, 5.41) is 3.35. The molecule has 0 radical (unpaired) electrons. The van der Waals surface area contributed by atoms with Gasteiger partial charge in [0.15, 0.2) is 5.96 Å². The van der Waals surface area contributed by atoms with Crippen molar-refractivity contribution in [3.8, 4) is 0 Å². The number of hydrogen-bond donors (Lipinski definition) is 1. The van der Waals surface area contributed by atoms with Crippen molar-refractivity contribution in [1.29, 1.82) is 0 Å². The van der Waals surface area contributed by atoms with Gasteiger partial charge < -0.3 is 10.2 Å². The van der Waals surface area contributed by atoms with Crippen molar-refractivity contribution < 1.29 is 8.42 Å². The van der Waals surface area contributed by atoms with Crippen LogP contribution in [0.15, 0.2) is 35.3 Å². The van der Waals surface area contributed by atoms with E-state index < -0.39 is 9.84 Å². The number of guanidine groups is 1. The summed E-state index contributed by atoms with van der Waals surface area (Å²) < 4.78 is 22.5. The normalized spacial score (nSPS) is 17.1.